The number of amides is 1. The quantitative estimate of drug-likeness (QED) is 0.839. The van der Waals surface area contributed by atoms with E-state index in [0.717, 1.165) is 6.42 Å². The van der Waals surface area contributed by atoms with Crippen molar-refractivity contribution in [3.8, 4) is 0 Å². The van der Waals surface area contributed by atoms with Crippen molar-refractivity contribution < 1.29 is 4.79 Å². The van der Waals surface area contributed by atoms with Crippen LogP contribution in [-0.4, -0.2) is 29.4 Å². The maximum absolute atomic E-state index is 11.9. The summed E-state index contributed by atoms with van der Waals surface area (Å²) in [5.41, 5.74) is 0.0989. The van der Waals surface area contributed by atoms with Gasteiger partial charge in [0.05, 0.1) is 0 Å². The molecule has 0 atom stereocenters. The fraction of sp³-hybridized carbons (Fsp3) is 0.500. The van der Waals surface area contributed by atoms with Gasteiger partial charge in [0.15, 0.2) is 0 Å². The number of rotatable bonds is 4. The van der Waals surface area contributed by atoms with Crippen molar-refractivity contribution in [2.75, 3.05) is 13.6 Å². The molecule has 0 fully saturated rings. The molecule has 1 aromatic heterocycles. The first kappa shape index (κ1) is 12.5. The van der Waals surface area contributed by atoms with Crippen LogP contribution in [0.2, 0.25) is 0 Å². The van der Waals surface area contributed by atoms with Gasteiger partial charge in [0.1, 0.15) is 5.69 Å². The summed E-state index contributed by atoms with van der Waals surface area (Å²) < 4.78 is 0. The number of carbonyl (C=O) groups excluding carboxylic acids is 1. The van der Waals surface area contributed by atoms with Crippen molar-refractivity contribution in [1.82, 2.24) is 9.88 Å². The van der Waals surface area contributed by atoms with Crippen LogP contribution in [-0.2, 0) is 0 Å². The lowest BCUT2D eigenvalue weighted by molar-refractivity contribution is 0.0783. The Bertz CT molecular complexity index is 409. The molecular weight excluding hydrogens is 204 g/mol. The minimum atomic E-state index is -0.247. The Morgan fingerprint density at radius 2 is 2.12 bits per heavy atom. The summed E-state index contributed by atoms with van der Waals surface area (Å²) in [6.45, 7) is 4.93. The lowest BCUT2D eigenvalue weighted by Crippen LogP contribution is -2.30. The van der Waals surface area contributed by atoms with Crippen LogP contribution in [0.1, 0.15) is 30.8 Å². The molecule has 0 spiro atoms. The third-order valence-corrected chi connectivity index (χ3v) is 2.39. The van der Waals surface area contributed by atoms with Gasteiger partial charge in [-0.25, -0.2) is 0 Å². The standard InChI is InChI=1S/C12H18N2O2/c1-9(2)7-8-14(3)12(16)10-5-4-6-11(15)13-10/h4-6,9H,7-8H2,1-3H3,(H,13,15). The first-order valence-corrected chi connectivity index (χ1v) is 5.45. The first-order chi connectivity index (χ1) is 7.50. The highest BCUT2D eigenvalue weighted by atomic mass is 16.2. The number of nitrogens with one attached hydrogen (secondary N) is 1. The largest absolute Gasteiger partial charge is 0.340 e. The number of hydrogen-bond acceptors (Lipinski definition) is 2. The molecule has 4 nitrogen and oxygen atoms in total. The van der Waals surface area contributed by atoms with E-state index in [9.17, 15) is 9.59 Å². The smallest absolute Gasteiger partial charge is 0.270 e. The molecule has 0 saturated heterocycles. The molecule has 4 heteroatoms. The third-order valence-electron chi connectivity index (χ3n) is 2.39. The molecule has 1 aromatic rings. The summed E-state index contributed by atoms with van der Waals surface area (Å²) in [7, 11) is 1.75. The van der Waals surface area contributed by atoms with Crippen LogP contribution >= 0.6 is 0 Å². The van der Waals surface area contributed by atoms with Crippen molar-refractivity contribution in [2.45, 2.75) is 20.3 Å². The van der Waals surface area contributed by atoms with Crippen LogP contribution in [0, 0.1) is 5.92 Å². The van der Waals surface area contributed by atoms with E-state index in [1.165, 1.54) is 6.07 Å². The van der Waals surface area contributed by atoms with E-state index in [1.807, 2.05) is 0 Å². The van der Waals surface area contributed by atoms with Crippen molar-refractivity contribution in [1.29, 1.82) is 0 Å². The number of carbonyl (C=O) groups is 1. The topological polar surface area (TPSA) is 53.2 Å². The molecule has 1 N–H and O–H groups in total. The maximum Gasteiger partial charge on any atom is 0.270 e. The highest BCUT2D eigenvalue weighted by molar-refractivity contribution is 5.91. The Balaban J connectivity index is 2.67. The summed E-state index contributed by atoms with van der Waals surface area (Å²) in [5.74, 6) is 0.420. The molecule has 0 saturated carbocycles. The average Bonchev–Trinajstić information content (AvgIpc) is 2.24. The lowest BCUT2D eigenvalue weighted by atomic mass is 10.1. The number of hydrogen-bond donors (Lipinski definition) is 1. The molecule has 0 aromatic carbocycles. The van der Waals surface area contributed by atoms with Gasteiger partial charge >= 0.3 is 0 Å². The predicted molar refractivity (Wildman–Crippen MR) is 63.5 cm³/mol. The van der Waals surface area contributed by atoms with Crippen LogP contribution in [0.4, 0.5) is 0 Å². The number of aromatic amines is 1. The normalized spacial score (nSPS) is 10.5. The fourth-order valence-electron chi connectivity index (χ4n) is 1.33. The van der Waals surface area contributed by atoms with Gasteiger partial charge in [-0.3, -0.25) is 9.59 Å². The highest BCUT2D eigenvalue weighted by Crippen LogP contribution is 2.03. The highest BCUT2D eigenvalue weighted by Gasteiger charge is 2.12. The molecule has 1 rings (SSSR count). The van der Waals surface area contributed by atoms with E-state index in [-0.39, 0.29) is 11.5 Å². The van der Waals surface area contributed by atoms with Gasteiger partial charge in [-0.05, 0) is 18.4 Å². The predicted octanol–water partition coefficient (Wildman–Crippen LogP) is 1.49. The molecule has 0 aliphatic rings. The van der Waals surface area contributed by atoms with Gasteiger partial charge in [-0.15, -0.1) is 0 Å². The Hall–Kier alpha value is -1.58. The van der Waals surface area contributed by atoms with Crippen LogP contribution < -0.4 is 5.56 Å². The van der Waals surface area contributed by atoms with Crippen LogP contribution in [0.15, 0.2) is 23.0 Å². The number of nitrogens with zero attached hydrogens (tertiary/aromatic N) is 1. The second-order valence-electron chi connectivity index (χ2n) is 4.34. The Labute approximate surface area is 95.3 Å². The average molecular weight is 222 g/mol. The van der Waals surface area contributed by atoms with E-state index in [0.29, 0.717) is 18.2 Å². The van der Waals surface area contributed by atoms with E-state index < -0.39 is 0 Å². The SMILES string of the molecule is CC(C)CCN(C)C(=O)c1cccc(=O)[nH]1. The Morgan fingerprint density at radius 1 is 1.44 bits per heavy atom. The molecular formula is C12H18N2O2. The molecule has 0 radical (unpaired) electrons. The zero-order valence-corrected chi connectivity index (χ0v) is 9.99. The van der Waals surface area contributed by atoms with Crippen LogP contribution in [0.5, 0.6) is 0 Å². The fourth-order valence-corrected chi connectivity index (χ4v) is 1.33. The molecule has 0 unspecified atom stereocenters. The van der Waals surface area contributed by atoms with Crippen molar-refractivity contribution in [3.05, 3.63) is 34.2 Å². The van der Waals surface area contributed by atoms with E-state index in [1.54, 1.807) is 24.1 Å². The minimum absolute atomic E-state index is 0.140. The summed E-state index contributed by atoms with van der Waals surface area (Å²) in [5, 5.41) is 0. The molecule has 88 valence electrons. The van der Waals surface area contributed by atoms with Gasteiger partial charge in [-0.2, -0.15) is 0 Å². The maximum atomic E-state index is 11.9. The van der Waals surface area contributed by atoms with Crippen molar-refractivity contribution in [2.24, 2.45) is 5.92 Å². The summed E-state index contributed by atoms with van der Waals surface area (Å²) in [6, 6.07) is 4.60. The zero-order valence-electron chi connectivity index (χ0n) is 9.99. The van der Waals surface area contributed by atoms with Gasteiger partial charge in [-0.1, -0.05) is 19.9 Å². The first-order valence-electron chi connectivity index (χ1n) is 5.45. The molecule has 1 amide bonds. The number of aromatic nitrogens is 1. The molecule has 16 heavy (non-hydrogen) atoms. The number of H-pyrrole nitrogens is 1. The monoisotopic (exact) mass is 222 g/mol. The second-order valence-corrected chi connectivity index (χ2v) is 4.34. The molecule has 1 heterocycles. The van der Waals surface area contributed by atoms with Crippen molar-refractivity contribution in [3.63, 3.8) is 0 Å². The van der Waals surface area contributed by atoms with Gasteiger partial charge in [0.25, 0.3) is 5.91 Å². The van der Waals surface area contributed by atoms with E-state index >= 15 is 0 Å². The van der Waals surface area contributed by atoms with Crippen LogP contribution in [0.3, 0.4) is 0 Å². The summed E-state index contributed by atoms with van der Waals surface area (Å²) >= 11 is 0. The molecule has 0 aliphatic carbocycles. The van der Waals surface area contributed by atoms with Gasteiger partial charge in [0.2, 0.25) is 5.56 Å². The summed E-state index contributed by atoms with van der Waals surface area (Å²) in [4.78, 5) is 27.1. The Kier molecular flexibility index (Phi) is 4.28. The van der Waals surface area contributed by atoms with Gasteiger partial charge < -0.3 is 9.88 Å². The lowest BCUT2D eigenvalue weighted by Gasteiger charge is -2.17. The zero-order chi connectivity index (χ0) is 12.1. The number of pyridine rings is 1. The molecule has 0 bridgehead atoms. The molecule has 0 aliphatic heterocycles. The van der Waals surface area contributed by atoms with Crippen LogP contribution in [0.25, 0.3) is 0 Å². The Morgan fingerprint density at radius 3 is 2.69 bits per heavy atom. The summed E-state index contributed by atoms with van der Waals surface area (Å²) in [6.07, 6.45) is 0.958. The van der Waals surface area contributed by atoms with Gasteiger partial charge in [0, 0.05) is 19.7 Å². The second kappa shape index (κ2) is 5.49. The van der Waals surface area contributed by atoms with E-state index in [4.69, 9.17) is 0 Å². The van der Waals surface area contributed by atoms with Crippen molar-refractivity contribution >= 4 is 5.91 Å². The minimum Gasteiger partial charge on any atom is -0.340 e. The van der Waals surface area contributed by atoms with E-state index in [2.05, 4.69) is 18.8 Å². The third kappa shape index (κ3) is 3.53.